The second kappa shape index (κ2) is 4.29. The van der Waals surface area contributed by atoms with E-state index in [1.165, 1.54) is 0 Å². The quantitative estimate of drug-likeness (QED) is 0.665. The van der Waals surface area contributed by atoms with Crippen LogP contribution < -0.4 is 4.74 Å². The molecule has 2 aliphatic heterocycles. The number of nitrogens with zero attached hydrogens (tertiary/aromatic N) is 1. The van der Waals surface area contributed by atoms with Gasteiger partial charge in [0, 0.05) is 28.5 Å². The molecule has 1 aromatic rings. The smallest absolute Gasteiger partial charge is 0.166 e. The third-order valence-electron chi connectivity index (χ3n) is 6.51. The van der Waals surface area contributed by atoms with Crippen molar-refractivity contribution in [2.75, 3.05) is 13.6 Å². The van der Waals surface area contributed by atoms with E-state index in [-0.39, 0.29) is 23.9 Å². The monoisotopic (exact) mass is 315 g/mol. The molecule has 2 aliphatic carbocycles. The fourth-order valence-electron chi connectivity index (χ4n) is 5.49. The number of phenols is 1. The molecule has 5 rings (SSSR count). The molecular weight excluding hydrogens is 294 g/mol. The summed E-state index contributed by atoms with van der Waals surface area (Å²) in [6.45, 7) is 0.751. The van der Waals surface area contributed by atoms with Crippen LogP contribution in [0.4, 0.5) is 0 Å². The molecule has 5 atom stereocenters. The van der Waals surface area contributed by atoms with Crippen molar-refractivity contribution in [3.05, 3.63) is 34.9 Å². The molecule has 2 heterocycles. The van der Waals surface area contributed by atoms with Crippen molar-refractivity contribution in [3.63, 3.8) is 0 Å². The summed E-state index contributed by atoms with van der Waals surface area (Å²) in [6, 6.07) is 2.29. The maximum absolute atomic E-state index is 10.5. The molecule has 5 heteroatoms. The van der Waals surface area contributed by atoms with E-state index in [2.05, 4.69) is 18.0 Å². The standard InChI is InChI=1S/C18H21NO4/c1-19-5-4-18-11-2-3-13(21)17(18)23-16-14(18)9(7-12(11)19)6-10(8-20)15(16)22/h2-3,6,11-13,17,20-22H,4-5,7-8H2,1H3/t11-,12+,13-,17-,18-/m0/s1. The molecule has 0 aromatic heterocycles. The Balaban J connectivity index is 1.83. The third-order valence-corrected chi connectivity index (χ3v) is 6.51. The molecule has 4 aliphatic rings. The summed E-state index contributed by atoms with van der Waals surface area (Å²) in [6.07, 6.45) is 4.79. The minimum atomic E-state index is -0.661. The van der Waals surface area contributed by atoms with Crippen LogP contribution in [0, 0.1) is 5.92 Å². The van der Waals surface area contributed by atoms with E-state index in [1.54, 1.807) is 0 Å². The summed E-state index contributed by atoms with van der Waals surface area (Å²) in [5.74, 6) is 0.827. The van der Waals surface area contributed by atoms with Crippen molar-refractivity contribution >= 4 is 0 Å². The highest BCUT2D eigenvalue weighted by molar-refractivity contribution is 5.64. The highest BCUT2D eigenvalue weighted by Gasteiger charge is 2.64. The number of likely N-dealkylation sites (N-methyl/N-ethyl adjacent to an activating group) is 1. The first kappa shape index (κ1) is 13.8. The average Bonchev–Trinajstić information content (AvgIpc) is 2.90. The molecular formula is C18H21NO4. The van der Waals surface area contributed by atoms with Crippen LogP contribution in [0.25, 0.3) is 0 Å². The molecule has 3 N–H and O–H groups in total. The Kier molecular flexibility index (Phi) is 2.58. The summed E-state index contributed by atoms with van der Waals surface area (Å²) >= 11 is 0. The molecule has 2 bridgehead atoms. The lowest BCUT2D eigenvalue weighted by atomic mass is 9.53. The Morgan fingerprint density at radius 2 is 2.22 bits per heavy atom. The summed E-state index contributed by atoms with van der Waals surface area (Å²) in [5.41, 5.74) is 2.49. The SMILES string of the molecule is CN1CC[C@]23c4c5cc(CO)c(O)c4O[C@H]2[C@@H](O)C=C[C@H]3[C@H]1C5. The van der Waals surface area contributed by atoms with Gasteiger partial charge in [0.1, 0.15) is 12.2 Å². The minimum absolute atomic E-state index is 0.0401. The largest absolute Gasteiger partial charge is 0.504 e. The number of ether oxygens (including phenoxy) is 1. The van der Waals surface area contributed by atoms with Crippen LogP contribution in [0.1, 0.15) is 23.1 Å². The number of hydrogen-bond acceptors (Lipinski definition) is 5. The van der Waals surface area contributed by atoms with Crippen molar-refractivity contribution in [2.45, 2.75) is 43.1 Å². The lowest BCUT2D eigenvalue weighted by molar-refractivity contribution is -0.0453. The van der Waals surface area contributed by atoms with E-state index in [9.17, 15) is 15.3 Å². The molecule has 23 heavy (non-hydrogen) atoms. The maximum Gasteiger partial charge on any atom is 0.166 e. The van der Waals surface area contributed by atoms with Crippen molar-refractivity contribution in [2.24, 2.45) is 5.92 Å². The van der Waals surface area contributed by atoms with Crippen molar-refractivity contribution in [1.82, 2.24) is 4.90 Å². The lowest BCUT2D eigenvalue weighted by Gasteiger charge is -2.56. The van der Waals surface area contributed by atoms with Gasteiger partial charge in [0.05, 0.1) is 6.61 Å². The molecule has 1 saturated heterocycles. The van der Waals surface area contributed by atoms with Gasteiger partial charge in [0.15, 0.2) is 11.5 Å². The fourth-order valence-corrected chi connectivity index (χ4v) is 5.49. The number of rotatable bonds is 1. The van der Waals surface area contributed by atoms with Crippen molar-refractivity contribution in [3.8, 4) is 11.5 Å². The second-order valence-electron chi connectivity index (χ2n) is 7.39. The first-order valence-corrected chi connectivity index (χ1v) is 8.30. The molecule has 0 radical (unpaired) electrons. The second-order valence-corrected chi connectivity index (χ2v) is 7.39. The van der Waals surface area contributed by atoms with Crippen LogP contribution in [0.15, 0.2) is 18.2 Å². The van der Waals surface area contributed by atoms with Crippen LogP contribution >= 0.6 is 0 Å². The van der Waals surface area contributed by atoms with Crippen molar-refractivity contribution < 1.29 is 20.1 Å². The summed E-state index contributed by atoms with van der Waals surface area (Å²) in [4.78, 5) is 2.39. The highest BCUT2D eigenvalue weighted by Crippen LogP contribution is 2.62. The van der Waals surface area contributed by atoms with Gasteiger partial charge in [-0.15, -0.1) is 0 Å². The summed E-state index contributed by atoms with van der Waals surface area (Å²) < 4.78 is 6.12. The zero-order valence-corrected chi connectivity index (χ0v) is 13.1. The van der Waals surface area contributed by atoms with E-state index in [1.807, 2.05) is 12.1 Å². The van der Waals surface area contributed by atoms with Gasteiger partial charge in [-0.2, -0.15) is 0 Å². The first-order valence-electron chi connectivity index (χ1n) is 8.30. The Bertz CT molecular complexity index is 730. The number of aliphatic hydroxyl groups is 2. The summed E-state index contributed by atoms with van der Waals surface area (Å²) in [7, 11) is 2.15. The molecule has 1 aromatic carbocycles. The zero-order chi connectivity index (χ0) is 15.9. The number of hydrogen-bond donors (Lipinski definition) is 3. The van der Waals surface area contributed by atoms with Crippen LogP contribution in [-0.2, 0) is 18.4 Å². The van der Waals surface area contributed by atoms with Gasteiger partial charge in [-0.3, -0.25) is 0 Å². The van der Waals surface area contributed by atoms with Gasteiger partial charge >= 0.3 is 0 Å². The van der Waals surface area contributed by atoms with Gasteiger partial charge in [-0.25, -0.2) is 0 Å². The van der Waals surface area contributed by atoms with Crippen LogP contribution in [-0.4, -0.2) is 52.1 Å². The molecule has 0 amide bonds. The maximum atomic E-state index is 10.5. The van der Waals surface area contributed by atoms with Gasteiger partial charge in [0.25, 0.3) is 0 Å². The van der Waals surface area contributed by atoms with Gasteiger partial charge < -0.3 is 25.0 Å². The minimum Gasteiger partial charge on any atom is -0.504 e. The Labute approximate surface area is 134 Å². The van der Waals surface area contributed by atoms with E-state index in [0.717, 1.165) is 30.5 Å². The predicted molar refractivity (Wildman–Crippen MR) is 83.5 cm³/mol. The Morgan fingerprint density at radius 1 is 1.39 bits per heavy atom. The lowest BCUT2D eigenvalue weighted by Crippen LogP contribution is -2.64. The van der Waals surface area contributed by atoms with E-state index >= 15 is 0 Å². The van der Waals surface area contributed by atoms with Gasteiger partial charge in [-0.05, 0) is 38.1 Å². The number of benzene rings is 1. The number of likely N-dealkylation sites (tertiary alicyclic amines) is 1. The molecule has 0 saturated carbocycles. The average molecular weight is 315 g/mol. The molecule has 1 fully saturated rings. The van der Waals surface area contributed by atoms with E-state index in [4.69, 9.17) is 4.74 Å². The number of aliphatic hydroxyl groups excluding tert-OH is 2. The van der Waals surface area contributed by atoms with Gasteiger partial charge in [0.2, 0.25) is 0 Å². The predicted octanol–water partition coefficient (Wildman–Crippen LogP) is 0.690. The van der Waals surface area contributed by atoms with Crippen LogP contribution in [0.3, 0.4) is 0 Å². The topological polar surface area (TPSA) is 73.2 Å². The van der Waals surface area contributed by atoms with Crippen LogP contribution in [0.5, 0.6) is 11.5 Å². The van der Waals surface area contributed by atoms with E-state index in [0.29, 0.717) is 23.3 Å². The third kappa shape index (κ3) is 1.44. The fraction of sp³-hybridized carbons (Fsp3) is 0.556. The Hall–Kier alpha value is -1.56. The molecule has 5 nitrogen and oxygen atoms in total. The first-order chi connectivity index (χ1) is 11.1. The summed E-state index contributed by atoms with van der Waals surface area (Å²) in [5, 5.41) is 30.6. The molecule has 122 valence electrons. The van der Waals surface area contributed by atoms with E-state index < -0.39 is 6.10 Å². The molecule has 0 unspecified atom stereocenters. The van der Waals surface area contributed by atoms with Gasteiger partial charge in [-0.1, -0.05) is 12.2 Å². The number of piperidine rings is 1. The molecule has 1 spiro atoms. The highest BCUT2D eigenvalue weighted by atomic mass is 16.5. The zero-order valence-electron chi connectivity index (χ0n) is 13.1. The van der Waals surface area contributed by atoms with Crippen molar-refractivity contribution in [1.29, 1.82) is 0 Å². The number of aromatic hydroxyl groups is 1. The normalized spacial score (nSPS) is 40.0. The van der Waals surface area contributed by atoms with Crippen LogP contribution in [0.2, 0.25) is 0 Å². The Morgan fingerprint density at radius 3 is 3.00 bits per heavy atom.